The van der Waals surface area contributed by atoms with Gasteiger partial charge in [0.05, 0.1) is 11.1 Å². The van der Waals surface area contributed by atoms with E-state index in [2.05, 4.69) is 0 Å². The van der Waals surface area contributed by atoms with Gasteiger partial charge >= 0.3 is 11.9 Å². The fraction of sp³-hybridized carbons (Fsp3) is 0.385. The zero-order valence-electron chi connectivity index (χ0n) is 10.4. The van der Waals surface area contributed by atoms with Crippen molar-refractivity contribution in [3.05, 3.63) is 34.9 Å². The molecule has 0 saturated heterocycles. The van der Waals surface area contributed by atoms with Crippen molar-refractivity contribution in [2.45, 2.75) is 33.3 Å². The van der Waals surface area contributed by atoms with Gasteiger partial charge in [-0.25, -0.2) is 9.59 Å². The predicted molar refractivity (Wildman–Crippen MR) is 63.3 cm³/mol. The number of aryl methyl sites for hydroxylation is 1. The summed E-state index contributed by atoms with van der Waals surface area (Å²) >= 11 is 0. The molecule has 4 nitrogen and oxygen atoms in total. The van der Waals surface area contributed by atoms with Crippen molar-refractivity contribution in [2.75, 3.05) is 0 Å². The van der Waals surface area contributed by atoms with Gasteiger partial charge in [-0.2, -0.15) is 0 Å². The Balaban J connectivity index is 2.98. The lowest BCUT2D eigenvalue weighted by atomic mass is 10.1. The third kappa shape index (κ3) is 3.59. The molecule has 0 heterocycles. The van der Waals surface area contributed by atoms with Crippen LogP contribution in [0.5, 0.6) is 0 Å². The molecule has 0 aliphatic rings. The largest absolute Gasteiger partial charge is 0.478 e. The van der Waals surface area contributed by atoms with E-state index in [1.807, 2.05) is 0 Å². The molecule has 92 valence electrons. The minimum absolute atomic E-state index is 0.192. The van der Waals surface area contributed by atoms with Gasteiger partial charge in [0.15, 0.2) is 0 Å². The van der Waals surface area contributed by atoms with Crippen molar-refractivity contribution >= 4 is 11.9 Å². The number of hydrogen-bond donors (Lipinski definition) is 1. The van der Waals surface area contributed by atoms with Crippen molar-refractivity contribution in [3.63, 3.8) is 0 Å². The molecule has 0 radical (unpaired) electrons. The molecule has 0 aliphatic heterocycles. The van der Waals surface area contributed by atoms with Gasteiger partial charge in [-0.15, -0.1) is 0 Å². The first-order chi connectivity index (χ1) is 7.70. The molecule has 1 aromatic carbocycles. The van der Waals surface area contributed by atoms with E-state index < -0.39 is 17.5 Å². The second kappa shape index (κ2) is 4.57. The van der Waals surface area contributed by atoms with Gasteiger partial charge in [-0.1, -0.05) is 0 Å². The number of aromatic carboxylic acids is 1. The summed E-state index contributed by atoms with van der Waals surface area (Å²) in [5.74, 6) is -1.45. The number of rotatable bonds is 2. The maximum Gasteiger partial charge on any atom is 0.338 e. The lowest BCUT2D eigenvalue weighted by molar-refractivity contribution is 0.00690. The Hall–Kier alpha value is -1.84. The third-order valence-electron chi connectivity index (χ3n) is 2.09. The van der Waals surface area contributed by atoms with E-state index in [4.69, 9.17) is 9.84 Å². The molecule has 0 atom stereocenters. The summed E-state index contributed by atoms with van der Waals surface area (Å²) in [6, 6.07) is 4.40. The fourth-order valence-corrected chi connectivity index (χ4v) is 1.37. The van der Waals surface area contributed by atoms with Gasteiger partial charge in [0.2, 0.25) is 0 Å². The highest BCUT2D eigenvalue weighted by molar-refractivity contribution is 5.94. The molecule has 1 N–H and O–H groups in total. The first kappa shape index (κ1) is 13.2. The van der Waals surface area contributed by atoms with Crippen molar-refractivity contribution < 1.29 is 19.4 Å². The van der Waals surface area contributed by atoms with Crippen molar-refractivity contribution in [2.24, 2.45) is 0 Å². The molecule has 0 bridgehead atoms. The van der Waals surface area contributed by atoms with Crippen LogP contribution in [0.15, 0.2) is 18.2 Å². The monoisotopic (exact) mass is 236 g/mol. The van der Waals surface area contributed by atoms with Crippen LogP contribution in [0.4, 0.5) is 0 Å². The third-order valence-corrected chi connectivity index (χ3v) is 2.09. The van der Waals surface area contributed by atoms with Crippen LogP contribution in [0, 0.1) is 6.92 Å². The van der Waals surface area contributed by atoms with Crippen molar-refractivity contribution in [1.29, 1.82) is 0 Å². The van der Waals surface area contributed by atoms with E-state index in [9.17, 15) is 9.59 Å². The molecule has 0 spiro atoms. The van der Waals surface area contributed by atoms with Gasteiger partial charge in [0, 0.05) is 0 Å². The molecular formula is C13H16O4. The van der Waals surface area contributed by atoms with E-state index in [1.54, 1.807) is 27.7 Å². The summed E-state index contributed by atoms with van der Waals surface area (Å²) in [5, 5.41) is 8.87. The van der Waals surface area contributed by atoms with E-state index in [-0.39, 0.29) is 5.56 Å². The van der Waals surface area contributed by atoms with Crippen LogP contribution in [-0.2, 0) is 4.74 Å². The number of carboxylic acids is 1. The van der Waals surface area contributed by atoms with Crippen molar-refractivity contribution in [3.8, 4) is 0 Å². The first-order valence-corrected chi connectivity index (χ1v) is 5.28. The standard InChI is InChI=1S/C13H16O4/c1-8-7-9(5-6-10(8)11(14)15)12(16)17-13(2,3)4/h5-7H,1-4H3,(H,14,15). The molecule has 0 aliphatic carbocycles. The van der Waals surface area contributed by atoms with E-state index in [0.29, 0.717) is 11.1 Å². The van der Waals surface area contributed by atoms with Crippen LogP contribution in [-0.4, -0.2) is 22.6 Å². The average Bonchev–Trinajstić information content (AvgIpc) is 2.14. The Bertz CT molecular complexity index is 455. The van der Waals surface area contributed by atoms with Crippen LogP contribution < -0.4 is 0 Å². The molecule has 1 aromatic rings. The van der Waals surface area contributed by atoms with Gasteiger partial charge < -0.3 is 9.84 Å². The number of carbonyl (C=O) groups is 2. The SMILES string of the molecule is Cc1cc(C(=O)OC(C)(C)C)ccc1C(=O)O. The molecule has 0 aromatic heterocycles. The molecule has 4 heteroatoms. The number of benzene rings is 1. The molecular weight excluding hydrogens is 220 g/mol. The lowest BCUT2D eigenvalue weighted by Crippen LogP contribution is -2.24. The smallest absolute Gasteiger partial charge is 0.338 e. The Kier molecular flexibility index (Phi) is 3.56. The summed E-state index contributed by atoms with van der Waals surface area (Å²) in [5.41, 5.74) is 0.539. The summed E-state index contributed by atoms with van der Waals surface area (Å²) < 4.78 is 5.19. The highest BCUT2D eigenvalue weighted by Gasteiger charge is 2.18. The zero-order chi connectivity index (χ0) is 13.2. The van der Waals surface area contributed by atoms with Gasteiger partial charge in [0.1, 0.15) is 5.60 Å². The lowest BCUT2D eigenvalue weighted by Gasteiger charge is -2.19. The maximum atomic E-state index is 11.7. The highest BCUT2D eigenvalue weighted by atomic mass is 16.6. The van der Waals surface area contributed by atoms with Crippen LogP contribution in [0.25, 0.3) is 0 Å². The molecule has 0 fully saturated rings. The fourth-order valence-electron chi connectivity index (χ4n) is 1.37. The van der Waals surface area contributed by atoms with Gasteiger partial charge in [0.25, 0.3) is 0 Å². The first-order valence-electron chi connectivity index (χ1n) is 5.28. The summed E-state index contributed by atoms with van der Waals surface area (Å²) in [4.78, 5) is 22.5. The quantitative estimate of drug-likeness (QED) is 0.802. The summed E-state index contributed by atoms with van der Waals surface area (Å²) in [6.07, 6.45) is 0. The minimum atomic E-state index is -1.00. The topological polar surface area (TPSA) is 63.6 Å². The van der Waals surface area contributed by atoms with Crippen LogP contribution in [0.2, 0.25) is 0 Å². The van der Waals surface area contributed by atoms with Crippen LogP contribution >= 0.6 is 0 Å². The van der Waals surface area contributed by atoms with Crippen molar-refractivity contribution in [1.82, 2.24) is 0 Å². The normalized spacial score (nSPS) is 11.1. The van der Waals surface area contributed by atoms with Gasteiger partial charge in [-0.3, -0.25) is 0 Å². The number of carbonyl (C=O) groups excluding carboxylic acids is 1. The Labute approximate surface area is 100 Å². The second-order valence-corrected chi connectivity index (χ2v) is 4.84. The molecule has 0 amide bonds. The summed E-state index contributed by atoms with van der Waals surface area (Å²) in [7, 11) is 0. The molecule has 17 heavy (non-hydrogen) atoms. The Morgan fingerprint density at radius 1 is 1.24 bits per heavy atom. The highest BCUT2D eigenvalue weighted by Crippen LogP contribution is 2.15. The Morgan fingerprint density at radius 2 is 1.82 bits per heavy atom. The minimum Gasteiger partial charge on any atom is -0.478 e. The van der Waals surface area contributed by atoms with Crippen LogP contribution in [0.3, 0.4) is 0 Å². The summed E-state index contributed by atoms with van der Waals surface area (Å²) in [6.45, 7) is 6.99. The zero-order valence-corrected chi connectivity index (χ0v) is 10.4. The van der Waals surface area contributed by atoms with Gasteiger partial charge in [-0.05, 0) is 51.5 Å². The van der Waals surface area contributed by atoms with E-state index in [0.717, 1.165) is 0 Å². The molecule has 0 saturated carbocycles. The number of hydrogen-bond acceptors (Lipinski definition) is 3. The molecule has 1 rings (SSSR count). The number of carboxylic acid groups (broad SMARTS) is 1. The second-order valence-electron chi connectivity index (χ2n) is 4.84. The van der Waals surface area contributed by atoms with Crippen LogP contribution in [0.1, 0.15) is 47.1 Å². The van der Waals surface area contributed by atoms with E-state index >= 15 is 0 Å². The predicted octanol–water partition coefficient (Wildman–Crippen LogP) is 2.65. The number of ether oxygens (including phenoxy) is 1. The average molecular weight is 236 g/mol. The molecule has 0 unspecified atom stereocenters. The maximum absolute atomic E-state index is 11.7. The van der Waals surface area contributed by atoms with E-state index in [1.165, 1.54) is 18.2 Å². The Morgan fingerprint density at radius 3 is 2.24 bits per heavy atom. The number of esters is 1.